The van der Waals surface area contributed by atoms with Crippen LogP contribution in [0.25, 0.3) is 0 Å². The minimum atomic E-state index is -1.11. The molecule has 0 aromatic heterocycles. The number of carboxylic acids is 1. The number of aryl methyl sites for hydroxylation is 1. The second-order valence-electron chi connectivity index (χ2n) is 7.25. The van der Waals surface area contributed by atoms with Crippen LogP contribution in [0.2, 0.25) is 0 Å². The van der Waals surface area contributed by atoms with Crippen LogP contribution in [0.15, 0.2) is 77.3 Å². The number of halogens is 1. The number of hydrogen-bond donors (Lipinski definition) is 1. The number of nitrogens with zero attached hydrogens (tertiary/aromatic N) is 1. The van der Waals surface area contributed by atoms with E-state index in [-0.39, 0.29) is 29.9 Å². The number of carboxylic acid groups (broad SMARTS) is 1. The first-order valence-corrected chi connectivity index (χ1v) is 10.7. The molecule has 1 amide bonds. The van der Waals surface area contributed by atoms with E-state index in [4.69, 9.17) is 4.74 Å². The number of hydrogen-bond acceptors (Lipinski definition) is 3. The molecular weight excluding hydrogens is 458 g/mol. The molecule has 0 aliphatic carbocycles. The zero-order valence-electron chi connectivity index (χ0n) is 17.4. The predicted molar refractivity (Wildman–Crippen MR) is 123 cm³/mol. The van der Waals surface area contributed by atoms with Crippen LogP contribution in [0.3, 0.4) is 0 Å². The summed E-state index contributed by atoms with van der Waals surface area (Å²) in [5.74, 6) is -1.20. The topological polar surface area (TPSA) is 66.8 Å². The lowest BCUT2D eigenvalue weighted by atomic mass is 10.0. The number of aromatic carboxylic acids is 1. The molecule has 0 saturated heterocycles. The maximum atomic E-state index is 13.3. The van der Waals surface area contributed by atoms with Gasteiger partial charge in [-0.05, 0) is 58.6 Å². The van der Waals surface area contributed by atoms with Crippen molar-refractivity contribution in [2.75, 3.05) is 6.61 Å². The van der Waals surface area contributed by atoms with Gasteiger partial charge in [0.1, 0.15) is 11.3 Å². The van der Waals surface area contributed by atoms with E-state index in [2.05, 4.69) is 15.9 Å². The van der Waals surface area contributed by atoms with Crippen molar-refractivity contribution < 1.29 is 19.4 Å². The van der Waals surface area contributed by atoms with Gasteiger partial charge in [0.15, 0.2) is 6.61 Å². The first-order valence-electron chi connectivity index (χ1n) is 9.92. The van der Waals surface area contributed by atoms with Gasteiger partial charge in [-0.2, -0.15) is 0 Å². The first-order chi connectivity index (χ1) is 14.9. The smallest absolute Gasteiger partial charge is 0.339 e. The fourth-order valence-corrected chi connectivity index (χ4v) is 3.85. The summed E-state index contributed by atoms with van der Waals surface area (Å²) in [5.41, 5.74) is 3.16. The van der Waals surface area contributed by atoms with Gasteiger partial charge in [0, 0.05) is 6.54 Å². The second-order valence-corrected chi connectivity index (χ2v) is 8.10. The van der Waals surface area contributed by atoms with Gasteiger partial charge in [0.05, 0.1) is 10.5 Å². The lowest BCUT2D eigenvalue weighted by Crippen LogP contribution is -2.37. The fraction of sp³-hybridized carbons (Fsp3) is 0.200. The molecule has 3 aromatic carbocycles. The van der Waals surface area contributed by atoms with Crippen molar-refractivity contribution in [3.05, 3.63) is 99.5 Å². The monoisotopic (exact) mass is 481 g/mol. The normalized spacial score (nSPS) is 11.6. The highest BCUT2D eigenvalue weighted by atomic mass is 79.9. The summed E-state index contributed by atoms with van der Waals surface area (Å²) < 4.78 is 6.19. The third-order valence-corrected chi connectivity index (χ3v) is 5.83. The van der Waals surface area contributed by atoms with E-state index in [1.165, 1.54) is 6.07 Å². The van der Waals surface area contributed by atoms with E-state index in [9.17, 15) is 14.7 Å². The third kappa shape index (κ3) is 5.52. The van der Waals surface area contributed by atoms with Crippen LogP contribution in [-0.4, -0.2) is 28.5 Å². The Hall–Kier alpha value is -3.12. The van der Waals surface area contributed by atoms with Gasteiger partial charge in [0.2, 0.25) is 0 Å². The van der Waals surface area contributed by atoms with Crippen LogP contribution in [-0.2, 0) is 11.3 Å². The molecule has 0 saturated carbocycles. The Morgan fingerprint density at radius 3 is 2.35 bits per heavy atom. The van der Waals surface area contributed by atoms with Crippen LogP contribution in [0.5, 0.6) is 5.75 Å². The third-order valence-electron chi connectivity index (χ3n) is 5.21. The highest BCUT2D eigenvalue weighted by molar-refractivity contribution is 9.10. The molecule has 0 aliphatic heterocycles. The quantitative estimate of drug-likeness (QED) is 0.452. The van der Waals surface area contributed by atoms with Gasteiger partial charge in [-0.15, -0.1) is 0 Å². The standard InChI is InChI=1S/C25H24BrNO4/c1-17-9-6-7-12-20(17)15-27(18(2)19-10-4-3-5-11-19)23(28)16-31-24-21(25(29)30)13-8-14-22(24)26/h3-14,18H,15-16H2,1-2H3,(H,29,30)/t18-/m1/s1. The van der Waals surface area contributed by atoms with Crippen molar-refractivity contribution in [1.29, 1.82) is 0 Å². The Morgan fingerprint density at radius 1 is 1.00 bits per heavy atom. The molecule has 0 aliphatic rings. The first kappa shape index (κ1) is 22.6. The van der Waals surface area contributed by atoms with E-state index in [1.54, 1.807) is 17.0 Å². The molecule has 1 N–H and O–H groups in total. The molecule has 6 heteroatoms. The number of amides is 1. The summed E-state index contributed by atoms with van der Waals surface area (Å²) >= 11 is 3.32. The summed E-state index contributed by atoms with van der Waals surface area (Å²) in [6, 6.07) is 22.3. The largest absolute Gasteiger partial charge is 0.482 e. The van der Waals surface area contributed by atoms with Crippen molar-refractivity contribution >= 4 is 27.8 Å². The van der Waals surface area contributed by atoms with Crippen molar-refractivity contribution in [3.8, 4) is 5.75 Å². The zero-order valence-corrected chi connectivity index (χ0v) is 19.0. The van der Waals surface area contributed by atoms with Crippen LogP contribution < -0.4 is 4.74 Å². The zero-order chi connectivity index (χ0) is 22.4. The molecule has 0 unspecified atom stereocenters. The van der Waals surface area contributed by atoms with Gasteiger partial charge in [0.25, 0.3) is 5.91 Å². The second kappa shape index (κ2) is 10.3. The molecular formula is C25H24BrNO4. The number of carbonyl (C=O) groups excluding carboxylic acids is 1. The Kier molecular flexibility index (Phi) is 7.47. The molecule has 31 heavy (non-hydrogen) atoms. The van der Waals surface area contributed by atoms with E-state index < -0.39 is 5.97 Å². The Bertz CT molecular complexity index is 1070. The number of benzene rings is 3. The number of para-hydroxylation sites is 1. The van der Waals surface area contributed by atoms with E-state index >= 15 is 0 Å². The summed E-state index contributed by atoms with van der Waals surface area (Å²) in [6.07, 6.45) is 0. The molecule has 3 aromatic rings. The SMILES string of the molecule is Cc1ccccc1CN(C(=O)COc1c(Br)cccc1C(=O)O)[C@H](C)c1ccccc1. The van der Waals surface area contributed by atoms with Crippen LogP contribution in [0.4, 0.5) is 0 Å². The van der Waals surface area contributed by atoms with Crippen molar-refractivity contribution in [2.45, 2.75) is 26.4 Å². The molecule has 0 spiro atoms. The van der Waals surface area contributed by atoms with Crippen molar-refractivity contribution in [1.82, 2.24) is 4.90 Å². The number of rotatable bonds is 8. The van der Waals surface area contributed by atoms with Gasteiger partial charge in [-0.25, -0.2) is 4.79 Å². The van der Waals surface area contributed by atoms with Gasteiger partial charge in [-0.3, -0.25) is 4.79 Å². The molecule has 3 rings (SSSR count). The molecule has 0 fully saturated rings. The fourth-order valence-electron chi connectivity index (χ4n) is 3.36. The minimum Gasteiger partial charge on any atom is -0.482 e. The van der Waals surface area contributed by atoms with Crippen LogP contribution in [0.1, 0.15) is 40.0 Å². The van der Waals surface area contributed by atoms with E-state index in [1.807, 2.05) is 68.4 Å². The maximum Gasteiger partial charge on any atom is 0.339 e. The van der Waals surface area contributed by atoms with Crippen LogP contribution in [0, 0.1) is 6.92 Å². The summed E-state index contributed by atoms with van der Waals surface area (Å²) in [5, 5.41) is 9.43. The van der Waals surface area contributed by atoms with Crippen molar-refractivity contribution in [3.63, 3.8) is 0 Å². The lowest BCUT2D eigenvalue weighted by molar-refractivity contribution is -0.136. The average Bonchev–Trinajstić information content (AvgIpc) is 2.77. The minimum absolute atomic E-state index is 0.00346. The van der Waals surface area contributed by atoms with Crippen LogP contribution >= 0.6 is 15.9 Å². The summed E-state index contributed by atoms with van der Waals surface area (Å²) in [4.78, 5) is 26.6. The molecule has 160 valence electrons. The number of ether oxygens (including phenoxy) is 1. The molecule has 1 atom stereocenters. The highest BCUT2D eigenvalue weighted by Gasteiger charge is 2.24. The van der Waals surface area contributed by atoms with E-state index in [0.29, 0.717) is 11.0 Å². The van der Waals surface area contributed by atoms with Crippen molar-refractivity contribution in [2.24, 2.45) is 0 Å². The highest BCUT2D eigenvalue weighted by Crippen LogP contribution is 2.30. The molecule has 0 heterocycles. The molecule has 0 bridgehead atoms. The number of carbonyl (C=O) groups is 2. The molecule has 5 nitrogen and oxygen atoms in total. The Balaban J connectivity index is 1.86. The average molecular weight is 482 g/mol. The van der Waals surface area contributed by atoms with Gasteiger partial charge in [-0.1, -0.05) is 60.7 Å². The summed E-state index contributed by atoms with van der Waals surface area (Å²) in [6.45, 7) is 4.15. The predicted octanol–water partition coefficient (Wildman–Crippen LogP) is 5.62. The van der Waals surface area contributed by atoms with E-state index in [0.717, 1.165) is 16.7 Å². The Labute approximate surface area is 190 Å². The maximum absolute atomic E-state index is 13.3. The summed E-state index contributed by atoms with van der Waals surface area (Å²) in [7, 11) is 0. The van der Waals surface area contributed by atoms with Gasteiger partial charge >= 0.3 is 5.97 Å². The van der Waals surface area contributed by atoms with Gasteiger partial charge < -0.3 is 14.7 Å². The molecule has 0 radical (unpaired) electrons. The Morgan fingerprint density at radius 2 is 1.68 bits per heavy atom. The lowest BCUT2D eigenvalue weighted by Gasteiger charge is -2.30.